The van der Waals surface area contributed by atoms with E-state index in [9.17, 15) is 14.4 Å². The average molecular weight is 355 g/mol. The Labute approximate surface area is 153 Å². The van der Waals surface area contributed by atoms with Gasteiger partial charge in [0.15, 0.2) is 0 Å². The molecule has 1 aromatic carbocycles. The third kappa shape index (κ3) is 4.06. The van der Waals surface area contributed by atoms with Crippen LogP contribution in [-0.2, 0) is 9.59 Å². The fraction of sp³-hybridized carbons (Fsp3) is 0.550. The maximum atomic E-state index is 12.9. The highest BCUT2D eigenvalue weighted by molar-refractivity contribution is 5.98. The van der Waals surface area contributed by atoms with E-state index < -0.39 is 0 Å². The van der Waals surface area contributed by atoms with Crippen LogP contribution in [0, 0.1) is 11.8 Å². The Balaban J connectivity index is 1.39. The molecule has 2 saturated carbocycles. The van der Waals surface area contributed by atoms with Gasteiger partial charge in [0, 0.05) is 36.3 Å². The first-order valence-corrected chi connectivity index (χ1v) is 9.61. The van der Waals surface area contributed by atoms with Crippen LogP contribution in [0.2, 0.25) is 0 Å². The van der Waals surface area contributed by atoms with Crippen LogP contribution in [0.1, 0.15) is 48.9 Å². The lowest BCUT2D eigenvalue weighted by atomic mass is 9.96. The third-order valence-corrected chi connectivity index (χ3v) is 5.33. The second-order valence-corrected chi connectivity index (χ2v) is 7.72. The van der Waals surface area contributed by atoms with Crippen LogP contribution in [0.15, 0.2) is 24.3 Å². The Hall–Kier alpha value is -2.37. The van der Waals surface area contributed by atoms with E-state index >= 15 is 0 Å². The molecule has 1 aromatic rings. The van der Waals surface area contributed by atoms with Crippen LogP contribution < -0.4 is 10.6 Å². The number of benzene rings is 1. The topological polar surface area (TPSA) is 78.5 Å². The average Bonchev–Trinajstić information content (AvgIpc) is 3.55. The second kappa shape index (κ2) is 7.09. The molecule has 26 heavy (non-hydrogen) atoms. The highest BCUT2D eigenvalue weighted by atomic mass is 16.2. The number of nitrogens with one attached hydrogen (secondary N) is 2. The molecule has 6 heteroatoms. The lowest BCUT2D eigenvalue weighted by molar-refractivity contribution is -0.126. The first-order valence-electron chi connectivity index (χ1n) is 9.61. The lowest BCUT2D eigenvalue weighted by Crippen LogP contribution is -2.45. The quantitative estimate of drug-likeness (QED) is 0.850. The number of hydrogen-bond acceptors (Lipinski definition) is 3. The van der Waals surface area contributed by atoms with Gasteiger partial charge in [-0.15, -0.1) is 0 Å². The predicted octanol–water partition coefficient (Wildman–Crippen LogP) is 2.17. The fourth-order valence-corrected chi connectivity index (χ4v) is 3.42. The summed E-state index contributed by atoms with van der Waals surface area (Å²) < 4.78 is 0. The Morgan fingerprint density at radius 1 is 0.962 bits per heavy atom. The summed E-state index contributed by atoms with van der Waals surface area (Å²) in [6, 6.07) is 7.44. The molecule has 0 bridgehead atoms. The number of nitrogens with zero attached hydrogens (tertiary/aromatic N) is 1. The smallest absolute Gasteiger partial charge is 0.253 e. The summed E-state index contributed by atoms with van der Waals surface area (Å²) >= 11 is 0. The first-order chi connectivity index (χ1) is 12.6. The van der Waals surface area contributed by atoms with Gasteiger partial charge < -0.3 is 15.5 Å². The zero-order chi connectivity index (χ0) is 18.1. The van der Waals surface area contributed by atoms with E-state index in [4.69, 9.17) is 0 Å². The van der Waals surface area contributed by atoms with Crippen LogP contribution in [0.4, 0.5) is 5.69 Å². The summed E-state index contributed by atoms with van der Waals surface area (Å²) in [6.07, 6.45) is 5.71. The number of hydrogen-bond donors (Lipinski definition) is 2. The molecule has 0 radical (unpaired) electrons. The molecule has 6 nitrogen and oxygen atoms in total. The van der Waals surface area contributed by atoms with Crippen molar-refractivity contribution in [2.24, 2.45) is 11.8 Å². The molecule has 3 fully saturated rings. The van der Waals surface area contributed by atoms with Crippen LogP contribution in [-0.4, -0.2) is 41.8 Å². The van der Waals surface area contributed by atoms with Gasteiger partial charge in [0.25, 0.3) is 5.91 Å². The minimum Gasteiger partial charge on any atom is -0.353 e. The molecule has 1 heterocycles. The summed E-state index contributed by atoms with van der Waals surface area (Å²) in [5.74, 6) is 0.0458. The number of amides is 3. The monoisotopic (exact) mass is 355 g/mol. The van der Waals surface area contributed by atoms with E-state index in [2.05, 4.69) is 10.6 Å². The Kier molecular flexibility index (Phi) is 4.66. The molecule has 2 aliphatic carbocycles. The number of piperidine rings is 1. The van der Waals surface area contributed by atoms with Gasteiger partial charge in [-0.25, -0.2) is 0 Å². The number of rotatable bonds is 5. The molecular weight excluding hydrogens is 330 g/mol. The van der Waals surface area contributed by atoms with Crippen molar-refractivity contribution < 1.29 is 14.4 Å². The molecule has 1 saturated heterocycles. The molecule has 4 rings (SSSR count). The molecule has 1 atom stereocenters. The van der Waals surface area contributed by atoms with Crippen molar-refractivity contribution in [2.45, 2.75) is 44.6 Å². The van der Waals surface area contributed by atoms with Gasteiger partial charge in [0.2, 0.25) is 11.8 Å². The lowest BCUT2D eigenvalue weighted by Gasteiger charge is -2.32. The summed E-state index contributed by atoms with van der Waals surface area (Å²) in [6.45, 7) is 1.14. The van der Waals surface area contributed by atoms with Crippen LogP contribution in [0.5, 0.6) is 0 Å². The Bertz CT molecular complexity index is 725. The van der Waals surface area contributed by atoms with Crippen molar-refractivity contribution in [3.63, 3.8) is 0 Å². The van der Waals surface area contributed by atoms with Crippen molar-refractivity contribution >= 4 is 23.4 Å². The van der Waals surface area contributed by atoms with Crippen molar-refractivity contribution in [3.8, 4) is 0 Å². The molecule has 138 valence electrons. The molecule has 0 spiro atoms. The SMILES string of the molecule is O=C(Nc1cccc(C(=O)N2CCC[C@@H](C(=O)NC3CC3)C2)c1)C1CC1. The van der Waals surface area contributed by atoms with Gasteiger partial charge in [-0.2, -0.15) is 0 Å². The molecule has 1 aliphatic heterocycles. The molecule has 2 N–H and O–H groups in total. The van der Waals surface area contributed by atoms with Gasteiger partial charge >= 0.3 is 0 Å². The summed E-state index contributed by atoms with van der Waals surface area (Å²) in [7, 11) is 0. The molecule has 3 amide bonds. The number of likely N-dealkylation sites (tertiary alicyclic amines) is 1. The minimum absolute atomic E-state index is 0.0318. The van der Waals surface area contributed by atoms with Crippen LogP contribution in [0.3, 0.4) is 0 Å². The highest BCUT2D eigenvalue weighted by Gasteiger charge is 2.32. The largest absolute Gasteiger partial charge is 0.353 e. The van der Waals surface area contributed by atoms with Gasteiger partial charge in [-0.1, -0.05) is 6.07 Å². The molecule has 0 unspecified atom stereocenters. The van der Waals surface area contributed by atoms with Gasteiger partial charge in [-0.05, 0) is 56.7 Å². The maximum Gasteiger partial charge on any atom is 0.253 e. The van der Waals surface area contributed by atoms with Crippen molar-refractivity contribution in [1.29, 1.82) is 0 Å². The summed E-state index contributed by atoms with van der Waals surface area (Å²) in [4.78, 5) is 38.9. The number of carbonyl (C=O) groups is 3. The zero-order valence-corrected chi connectivity index (χ0v) is 14.9. The third-order valence-electron chi connectivity index (χ3n) is 5.33. The zero-order valence-electron chi connectivity index (χ0n) is 14.9. The Morgan fingerprint density at radius 2 is 1.77 bits per heavy atom. The van der Waals surface area contributed by atoms with Crippen LogP contribution >= 0.6 is 0 Å². The van der Waals surface area contributed by atoms with E-state index in [1.54, 1.807) is 29.2 Å². The van der Waals surface area contributed by atoms with Gasteiger partial charge in [0.05, 0.1) is 5.92 Å². The fourth-order valence-electron chi connectivity index (χ4n) is 3.42. The predicted molar refractivity (Wildman–Crippen MR) is 97.6 cm³/mol. The second-order valence-electron chi connectivity index (χ2n) is 7.72. The van der Waals surface area contributed by atoms with Crippen LogP contribution in [0.25, 0.3) is 0 Å². The highest BCUT2D eigenvalue weighted by Crippen LogP contribution is 2.30. The standard InChI is InChI=1S/C20H25N3O3/c24-18(13-6-7-13)22-17-5-1-3-14(11-17)20(26)23-10-2-4-15(12-23)19(25)21-16-8-9-16/h1,3,5,11,13,15-16H,2,4,6-10,12H2,(H,21,25)(H,22,24)/t15-/m1/s1. The van der Waals surface area contributed by atoms with E-state index in [-0.39, 0.29) is 29.6 Å². The first kappa shape index (κ1) is 17.1. The van der Waals surface area contributed by atoms with E-state index in [0.29, 0.717) is 30.4 Å². The maximum absolute atomic E-state index is 12.9. The van der Waals surface area contributed by atoms with Crippen molar-refractivity contribution in [3.05, 3.63) is 29.8 Å². The number of anilines is 1. The van der Waals surface area contributed by atoms with Crippen molar-refractivity contribution in [2.75, 3.05) is 18.4 Å². The van der Waals surface area contributed by atoms with E-state index in [1.807, 2.05) is 0 Å². The molecular formula is C20H25N3O3. The summed E-state index contributed by atoms with van der Waals surface area (Å²) in [5, 5.41) is 5.93. The van der Waals surface area contributed by atoms with Gasteiger partial charge in [-0.3, -0.25) is 14.4 Å². The van der Waals surface area contributed by atoms with E-state index in [1.165, 1.54) is 0 Å². The Morgan fingerprint density at radius 3 is 2.50 bits per heavy atom. The molecule has 0 aromatic heterocycles. The van der Waals surface area contributed by atoms with Crippen molar-refractivity contribution in [1.82, 2.24) is 10.2 Å². The normalized spacial score (nSPS) is 22.6. The minimum atomic E-state index is -0.119. The number of carbonyl (C=O) groups excluding carboxylic acids is 3. The van der Waals surface area contributed by atoms with Gasteiger partial charge in [0.1, 0.15) is 0 Å². The van der Waals surface area contributed by atoms with E-state index in [0.717, 1.165) is 38.5 Å². The molecule has 3 aliphatic rings. The summed E-state index contributed by atoms with van der Waals surface area (Å²) in [5.41, 5.74) is 1.22.